The Balaban J connectivity index is 0.000000771. The van der Waals surface area contributed by atoms with Gasteiger partial charge in [0.1, 0.15) is 0 Å². The Bertz CT molecular complexity index is 341. The molecule has 3 nitrogen and oxygen atoms in total. The number of fused-ring (bicyclic) bond motifs is 1. The van der Waals surface area contributed by atoms with Crippen molar-refractivity contribution in [1.82, 2.24) is 4.90 Å². The largest absolute Gasteiger partial charge is 0.395 e. The number of hydrogen-bond acceptors (Lipinski definition) is 3. The maximum atomic E-state index is 8.88. The van der Waals surface area contributed by atoms with Crippen LogP contribution in [0.25, 0.3) is 0 Å². The average Bonchev–Trinajstić information content (AvgIpc) is 2.46. The van der Waals surface area contributed by atoms with Gasteiger partial charge < -0.3 is 10.8 Å². The van der Waals surface area contributed by atoms with Crippen LogP contribution in [0.5, 0.6) is 0 Å². The first-order valence-electron chi connectivity index (χ1n) is 6.95. The van der Waals surface area contributed by atoms with Crippen molar-refractivity contribution >= 4 is 0 Å². The van der Waals surface area contributed by atoms with E-state index < -0.39 is 0 Å². The van der Waals surface area contributed by atoms with Gasteiger partial charge in [0, 0.05) is 25.7 Å². The van der Waals surface area contributed by atoms with E-state index in [0.29, 0.717) is 0 Å². The fourth-order valence-electron chi connectivity index (χ4n) is 2.18. The highest BCUT2D eigenvalue weighted by atomic mass is 16.3. The summed E-state index contributed by atoms with van der Waals surface area (Å²) in [6.07, 6.45) is 2.00. The molecule has 0 aliphatic carbocycles. The van der Waals surface area contributed by atoms with Crippen LogP contribution in [-0.2, 0) is 13.0 Å². The fourth-order valence-corrected chi connectivity index (χ4v) is 2.18. The lowest BCUT2D eigenvalue weighted by molar-refractivity contribution is 0.214. The molecule has 0 fully saturated rings. The Morgan fingerprint density at radius 3 is 2.61 bits per heavy atom. The van der Waals surface area contributed by atoms with Crippen molar-refractivity contribution in [2.75, 3.05) is 19.7 Å². The summed E-state index contributed by atoms with van der Waals surface area (Å²) in [5.41, 5.74) is 8.62. The normalized spacial score (nSPS) is 16.4. The number of benzene rings is 1. The predicted molar refractivity (Wildman–Crippen MR) is 76.4 cm³/mol. The maximum Gasteiger partial charge on any atom is 0.0583 e. The number of aliphatic hydroxyl groups is 1. The van der Waals surface area contributed by atoms with Crippen molar-refractivity contribution < 1.29 is 5.11 Å². The second-order valence-corrected chi connectivity index (χ2v) is 4.53. The molecule has 3 heteroatoms. The van der Waals surface area contributed by atoms with E-state index in [9.17, 15) is 0 Å². The summed E-state index contributed by atoms with van der Waals surface area (Å²) in [4.78, 5) is 2.41. The third-order valence-electron chi connectivity index (χ3n) is 3.26. The molecule has 1 aliphatic heterocycles. The highest BCUT2D eigenvalue weighted by molar-refractivity contribution is 5.28. The average molecular weight is 250 g/mol. The third-order valence-corrected chi connectivity index (χ3v) is 3.26. The monoisotopic (exact) mass is 250 g/mol. The standard InChI is InChI=1S/C13H20N2O.C2H6/c14-13(10-16)6-8-15-7-5-11-3-1-2-4-12(11)9-15;1-2/h1-4,13,16H,5-10,14H2;1-2H3. The second-order valence-electron chi connectivity index (χ2n) is 4.53. The molecule has 0 amide bonds. The first kappa shape index (κ1) is 15.2. The number of nitrogens with zero attached hydrogens (tertiary/aromatic N) is 1. The van der Waals surface area contributed by atoms with Gasteiger partial charge in [-0.05, 0) is 24.0 Å². The molecule has 3 N–H and O–H groups in total. The Kier molecular flexibility index (Phi) is 6.94. The summed E-state index contributed by atoms with van der Waals surface area (Å²) in [6, 6.07) is 8.55. The lowest BCUT2D eigenvalue weighted by Crippen LogP contribution is -2.35. The second kappa shape index (κ2) is 8.25. The van der Waals surface area contributed by atoms with Crippen LogP contribution < -0.4 is 5.73 Å². The summed E-state index contributed by atoms with van der Waals surface area (Å²) in [6.45, 7) is 7.20. The summed E-state index contributed by atoms with van der Waals surface area (Å²) in [5, 5.41) is 8.88. The molecule has 2 rings (SSSR count). The maximum absolute atomic E-state index is 8.88. The molecule has 0 saturated carbocycles. The van der Waals surface area contributed by atoms with E-state index in [-0.39, 0.29) is 12.6 Å². The molecule has 1 atom stereocenters. The van der Waals surface area contributed by atoms with E-state index in [1.54, 1.807) is 0 Å². The number of aliphatic hydroxyl groups excluding tert-OH is 1. The molecule has 18 heavy (non-hydrogen) atoms. The molecule has 0 spiro atoms. The van der Waals surface area contributed by atoms with E-state index in [0.717, 1.165) is 32.5 Å². The zero-order valence-electron chi connectivity index (χ0n) is 11.6. The Morgan fingerprint density at radius 2 is 1.94 bits per heavy atom. The summed E-state index contributed by atoms with van der Waals surface area (Å²) in [5.74, 6) is 0. The van der Waals surface area contributed by atoms with Crippen molar-refractivity contribution in [3.63, 3.8) is 0 Å². The Morgan fingerprint density at radius 1 is 1.28 bits per heavy atom. The van der Waals surface area contributed by atoms with E-state index in [2.05, 4.69) is 29.2 Å². The molecule has 102 valence electrons. The number of nitrogens with two attached hydrogens (primary N) is 1. The predicted octanol–water partition coefficient (Wildman–Crippen LogP) is 1.78. The van der Waals surface area contributed by atoms with Crippen LogP contribution in [-0.4, -0.2) is 35.7 Å². The van der Waals surface area contributed by atoms with Crippen LogP contribution in [0.4, 0.5) is 0 Å². The third kappa shape index (κ3) is 4.41. The van der Waals surface area contributed by atoms with Gasteiger partial charge in [-0.15, -0.1) is 0 Å². The van der Waals surface area contributed by atoms with Gasteiger partial charge in [0.25, 0.3) is 0 Å². The minimum atomic E-state index is -0.0721. The van der Waals surface area contributed by atoms with Crippen LogP contribution in [0.1, 0.15) is 31.4 Å². The SMILES string of the molecule is CC.NC(CO)CCN1CCc2ccccc2C1. The molecular weight excluding hydrogens is 224 g/mol. The van der Waals surface area contributed by atoms with E-state index in [1.165, 1.54) is 11.1 Å². The van der Waals surface area contributed by atoms with Gasteiger partial charge in [-0.2, -0.15) is 0 Å². The molecule has 1 aromatic carbocycles. The smallest absolute Gasteiger partial charge is 0.0583 e. The summed E-state index contributed by atoms with van der Waals surface area (Å²) in [7, 11) is 0. The summed E-state index contributed by atoms with van der Waals surface area (Å²) < 4.78 is 0. The molecule has 1 unspecified atom stereocenters. The highest BCUT2D eigenvalue weighted by Gasteiger charge is 2.15. The van der Waals surface area contributed by atoms with Gasteiger partial charge >= 0.3 is 0 Å². The van der Waals surface area contributed by atoms with Crippen LogP contribution in [0, 0.1) is 0 Å². The van der Waals surface area contributed by atoms with Crippen LogP contribution in [0.3, 0.4) is 0 Å². The minimum absolute atomic E-state index is 0.0721. The fraction of sp³-hybridized carbons (Fsp3) is 0.600. The van der Waals surface area contributed by atoms with Gasteiger partial charge in [0.05, 0.1) is 6.61 Å². The first-order chi connectivity index (χ1) is 8.79. The lowest BCUT2D eigenvalue weighted by Gasteiger charge is -2.29. The van der Waals surface area contributed by atoms with Crippen LogP contribution >= 0.6 is 0 Å². The zero-order valence-corrected chi connectivity index (χ0v) is 11.6. The summed E-state index contributed by atoms with van der Waals surface area (Å²) >= 11 is 0. The molecule has 0 aromatic heterocycles. The molecule has 0 bridgehead atoms. The van der Waals surface area contributed by atoms with Gasteiger partial charge in [0.2, 0.25) is 0 Å². The molecular formula is C15H26N2O. The lowest BCUT2D eigenvalue weighted by atomic mass is 9.99. The Labute approximate surface area is 111 Å². The van der Waals surface area contributed by atoms with Crippen LogP contribution in [0.15, 0.2) is 24.3 Å². The van der Waals surface area contributed by atoms with Crippen molar-refractivity contribution in [1.29, 1.82) is 0 Å². The topological polar surface area (TPSA) is 49.5 Å². The van der Waals surface area contributed by atoms with Crippen molar-refractivity contribution in [3.8, 4) is 0 Å². The molecule has 1 aromatic rings. The quantitative estimate of drug-likeness (QED) is 0.856. The number of hydrogen-bond donors (Lipinski definition) is 2. The van der Waals surface area contributed by atoms with E-state index in [4.69, 9.17) is 10.8 Å². The first-order valence-corrected chi connectivity index (χ1v) is 6.95. The van der Waals surface area contributed by atoms with E-state index >= 15 is 0 Å². The van der Waals surface area contributed by atoms with Crippen molar-refractivity contribution in [2.24, 2.45) is 5.73 Å². The molecule has 0 radical (unpaired) electrons. The zero-order chi connectivity index (χ0) is 13.4. The minimum Gasteiger partial charge on any atom is -0.395 e. The number of rotatable bonds is 4. The van der Waals surface area contributed by atoms with Crippen LogP contribution in [0.2, 0.25) is 0 Å². The van der Waals surface area contributed by atoms with Crippen molar-refractivity contribution in [3.05, 3.63) is 35.4 Å². The highest BCUT2D eigenvalue weighted by Crippen LogP contribution is 2.18. The van der Waals surface area contributed by atoms with Gasteiger partial charge in [-0.1, -0.05) is 38.1 Å². The molecule has 0 saturated heterocycles. The van der Waals surface area contributed by atoms with Gasteiger partial charge in [0.15, 0.2) is 0 Å². The van der Waals surface area contributed by atoms with Crippen molar-refractivity contribution in [2.45, 2.75) is 39.3 Å². The van der Waals surface area contributed by atoms with Gasteiger partial charge in [-0.3, -0.25) is 4.90 Å². The Hall–Kier alpha value is -0.900. The van der Waals surface area contributed by atoms with E-state index in [1.807, 2.05) is 13.8 Å². The van der Waals surface area contributed by atoms with Gasteiger partial charge in [-0.25, -0.2) is 0 Å². The molecule has 1 aliphatic rings. The molecule has 1 heterocycles.